The molecule has 0 unspecified atom stereocenters. The van der Waals surface area contributed by atoms with Crippen molar-refractivity contribution in [3.63, 3.8) is 0 Å². The number of halogens is 1. The lowest BCUT2D eigenvalue weighted by Crippen LogP contribution is -2.25. The van der Waals surface area contributed by atoms with Crippen LogP contribution in [0.5, 0.6) is 5.75 Å². The molecule has 3 aromatic rings. The third-order valence-corrected chi connectivity index (χ3v) is 5.23. The summed E-state index contributed by atoms with van der Waals surface area (Å²) in [5.74, 6) is -0.204. The normalized spacial score (nSPS) is 11.5. The van der Waals surface area contributed by atoms with Gasteiger partial charge < -0.3 is 4.74 Å². The Kier molecular flexibility index (Phi) is 5.88. The number of rotatable bonds is 8. The molecule has 27 heavy (non-hydrogen) atoms. The molecule has 0 aliphatic carbocycles. The number of aromatic nitrogens is 2. The maximum atomic E-state index is 13.7. The van der Waals surface area contributed by atoms with Gasteiger partial charge in [-0.15, -0.1) is 0 Å². The molecular weight excluding hydrogens is 369 g/mol. The number of benzene rings is 2. The second-order valence-electron chi connectivity index (χ2n) is 5.90. The molecule has 142 valence electrons. The lowest BCUT2D eigenvalue weighted by Gasteiger charge is -2.09. The van der Waals surface area contributed by atoms with Crippen LogP contribution in [0.4, 0.5) is 4.39 Å². The van der Waals surface area contributed by atoms with Gasteiger partial charge in [0, 0.05) is 23.2 Å². The van der Waals surface area contributed by atoms with Gasteiger partial charge in [-0.05, 0) is 37.3 Å². The highest BCUT2D eigenvalue weighted by atomic mass is 32.2. The Morgan fingerprint density at radius 2 is 1.85 bits per heavy atom. The van der Waals surface area contributed by atoms with Crippen LogP contribution in [0.15, 0.2) is 54.7 Å². The highest BCUT2D eigenvalue weighted by molar-refractivity contribution is 7.88. The van der Waals surface area contributed by atoms with Crippen molar-refractivity contribution in [2.45, 2.75) is 19.2 Å². The zero-order valence-corrected chi connectivity index (χ0v) is 15.6. The maximum absolute atomic E-state index is 13.7. The van der Waals surface area contributed by atoms with Gasteiger partial charge in [-0.2, -0.15) is 5.10 Å². The maximum Gasteiger partial charge on any atom is 0.216 e. The smallest absolute Gasteiger partial charge is 0.216 e. The molecular formula is C19H20FN3O3S. The fourth-order valence-corrected chi connectivity index (χ4v) is 3.76. The van der Waals surface area contributed by atoms with Gasteiger partial charge >= 0.3 is 0 Å². The first kappa shape index (κ1) is 19.1. The van der Waals surface area contributed by atoms with Crippen molar-refractivity contribution in [2.24, 2.45) is 0 Å². The zero-order chi connectivity index (χ0) is 19.3. The third kappa shape index (κ3) is 4.93. The Balaban J connectivity index is 1.70. The van der Waals surface area contributed by atoms with E-state index in [4.69, 9.17) is 4.74 Å². The van der Waals surface area contributed by atoms with Gasteiger partial charge in [0.25, 0.3) is 0 Å². The molecule has 8 heteroatoms. The molecule has 0 aliphatic heterocycles. The van der Waals surface area contributed by atoms with Crippen LogP contribution in [0.25, 0.3) is 11.3 Å². The van der Waals surface area contributed by atoms with Gasteiger partial charge in [0.05, 0.1) is 24.3 Å². The quantitative estimate of drug-likeness (QED) is 0.620. The Labute approximate surface area is 157 Å². The monoisotopic (exact) mass is 389 g/mol. The number of sulfonamides is 1. The van der Waals surface area contributed by atoms with E-state index in [1.54, 1.807) is 12.3 Å². The van der Waals surface area contributed by atoms with E-state index in [-0.39, 0.29) is 12.1 Å². The molecule has 0 atom stereocenters. The Bertz CT molecular complexity index is 1000. The first-order chi connectivity index (χ1) is 13.0. The summed E-state index contributed by atoms with van der Waals surface area (Å²) in [5, 5.41) is 6.89. The Morgan fingerprint density at radius 1 is 1.11 bits per heavy atom. The minimum absolute atomic E-state index is 0.0514. The molecule has 0 spiro atoms. The van der Waals surface area contributed by atoms with Crippen LogP contribution in [-0.2, 0) is 22.3 Å². The molecule has 2 aromatic carbocycles. The summed E-state index contributed by atoms with van der Waals surface area (Å²) in [6.07, 6.45) is 1.57. The van der Waals surface area contributed by atoms with E-state index in [0.29, 0.717) is 17.9 Å². The summed E-state index contributed by atoms with van der Waals surface area (Å²) in [5.41, 5.74) is 2.39. The molecule has 0 amide bonds. The van der Waals surface area contributed by atoms with Crippen LogP contribution in [0.3, 0.4) is 0 Å². The van der Waals surface area contributed by atoms with E-state index >= 15 is 0 Å². The van der Waals surface area contributed by atoms with Crippen molar-refractivity contribution in [3.05, 3.63) is 71.7 Å². The Morgan fingerprint density at radius 3 is 2.56 bits per heavy atom. The van der Waals surface area contributed by atoms with Crippen LogP contribution in [0.1, 0.15) is 18.1 Å². The SMILES string of the molecule is CCOc1ccc(-c2[nH]ncc2CNS(=O)(=O)Cc2ccccc2F)cc1. The summed E-state index contributed by atoms with van der Waals surface area (Å²) in [7, 11) is -3.70. The largest absolute Gasteiger partial charge is 0.494 e. The standard InChI is InChI=1S/C19H20FN3O3S/c1-2-26-17-9-7-14(8-10-17)19-16(11-21-23-19)12-22-27(24,25)13-15-5-3-4-6-18(15)20/h3-11,22H,2,12-13H2,1H3,(H,21,23). The van der Waals surface area contributed by atoms with E-state index in [1.165, 1.54) is 18.2 Å². The second-order valence-corrected chi connectivity index (χ2v) is 7.71. The van der Waals surface area contributed by atoms with E-state index in [1.807, 2.05) is 31.2 Å². The van der Waals surface area contributed by atoms with Gasteiger partial charge in [0.2, 0.25) is 10.0 Å². The van der Waals surface area contributed by atoms with Gasteiger partial charge in [-0.25, -0.2) is 17.5 Å². The highest BCUT2D eigenvalue weighted by Crippen LogP contribution is 2.24. The van der Waals surface area contributed by atoms with Crippen molar-refractivity contribution in [3.8, 4) is 17.0 Å². The van der Waals surface area contributed by atoms with Crippen molar-refractivity contribution in [1.29, 1.82) is 0 Å². The first-order valence-corrected chi connectivity index (χ1v) is 10.1. The zero-order valence-electron chi connectivity index (χ0n) is 14.8. The van der Waals surface area contributed by atoms with E-state index in [2.05, 4.69) is 14.9 Å². The number of ether oxygens (including phenoxy) is 1. The first-order valence-electron chi connectivity index (χ1n) is 8.44. The molecule has 0 aliphatic rings. The molecule has 1 aromatic heterocycles. The summed E-state index contributed by atoms with van der Waals surface area (Å²) >= 11 is 0. The average molecular weight is 389 g/mol. The third-order valence-electron chi connectivity index (χ3n) is 3.96. The number of hydrogen-bond donors (Lipinski definition) is 2. The lowest BCUT2D eigenvalue weighted by molar-refractivity contribution is 0.340. The van der Waals surface area contributed by atoms with E-state index in [0.717, 1.165) is 11.3 Å². The van der Waals surface area contributed by atoms with Gasteiger partial charge in [0.1, 0.15) is 11.6 Å². The molecule has 1 heterocycles. The van der Waals surface area contributed by atoms with Crippen molar-refractivity contribution in [2.75, 3.05) is 6.61 Å². The van der Waals surface area contributed by atoms with Crippen LogP contribution >= 0.6 is 0 Å². The molecule has 6 nitrogen and oxygen atoms in total. The summed E-state index contributed by atoms with van der Waals surface area (Å²) in [6.45, 7) is 2.54. The second kappa shape index (κ2) is 8.32. The van der Waals surface area contributed by atoms with E-state index in [9.17, 15) is 12.8 Å². The van der Waals surface area contributed by atoms with Crippen LogP contribution in [-0.4, -0.2) is 25.2 Å². The predicted molar refractivity (Wildman–Crippen MR) is 101 cm³/mol. The van der Waals surface area contributed by atoms with Crippen LogP contribution < -0.4 is 9.46 Å². The molecule has 0 saturated carbocycles. The fraction of sp³-hybridized carbons (Fsp3) is 0.211. The van der Waals surface area contributed by atoms with Gasteiger partial charge in [-0.1, -0.05) is 18.2 Å². The molecule has 0 bridgehead atoms. The summed E-state index contributed by atoms with van der Waals surface area (Å²) in [6, 6.07) is 13.2. The predicted octanol–water partition coefficient (Wildman–Crippen LogP) is 3.23. The van der Waals surface area contributed by atoms with E-state index < -0.39 is 21.6 Å². The minimum atomic E-state index is -3.70. The van der Waals surface area contributed by atoms with Crippen molar-refractivity contribution < 1.29 is 17.5 Å². The topological polar surface area (TPSA) is 84.1 Å². The number of nitrogens with zero attached hydrogens (tertiary/aromatic N) is 1. The molecule has 2 N–H and O–H groups in total. The summed E-state index contributed by atoms with van der Waals surface area (Å²) < 4.78 is 46.2. The number of nitrogens with one attached hydrogen (secondary N) is 2. The van der Waals surface area contributed by atoms with Crippen LogP contribution in [0, 0.1) is 5.82 Å². The molecule has 0 radical (unpaired) electrons. The van der Waals surface area contributed by atoms with Gasteiger partial charge in [-0.3, -0.25) is 5.10 Å². The molecule has 0 saturated heterocycles. The molecule has 3 rings (SSSR count). The lowest BCUT2D eigenvalue weighted by atomic mass is 10.1. The average Bonchev–Trinajstić information content (AvgIpc) is 3.12. The van der Waals surface area contributed by atoms with Crippen molar-refractivity contribution >= 4 is 10.0 Å². The van der Waals surface area contributed by atoms with Crippen LogP contribution in [0.2, 0.25) is 0 Å². The Hall–Kier alpha value is -2.71. The minimum Gasteiger partial charge on any atom is -0.494 e. The molecule has 0 fully saturated rings. The van der Waals surface area contributed by atoms with Crippen molar-refractivity contribution in [1.82, 2.24) is 14.9 Å². The highest BCUT2D eigenvalue weighted by Gasteiger charge is 2.16. The summed E-state index contributed by atoms with van der Waals surface area (Å²) in [4.78, 5) is 0. The number of aromatic amines is 1. The van der Waals surface area contributed by atoms with Gasteiger partial charge in [0.15, 0.2) is 0 Å². The fourth-order valence-electron chi connectivity index (χ4n) is 2.64. The number of H-pyrrole nitrogens is 1. The number of hydrogen-bond acceptors (Lipinski definition) is 4.